The quantitative estimate of drug-likeness (QED) is 0.522. The molecule has 0 saturated carbocycles. The Balaban J connectivity index is 1.52. The monoisotopic (exact) mass is 393 g/mol. The van der Waals surface area contributed by atoms with Crippen molar-refractivity contribution in [1.82, 2.24) is 4.98 Å². The van der Waals surface area contributed by atoms with Gasteiger partial charge in [-0.25, -0.2) is 4.98 Å². The third-order valence-electron chi connectivity index (χ3n) is 4.58. The average Bonchev–Trinajstić information content (AvgIpc) is 3.18. The number of hydrogen-bond acceptors (Lipinski definition) is 5. The summed E-state index contributed by atoms with van der Waals surface area (Å²) in [6.07, 6.45) is 1.85. The minimum atomic E-state index is -0.151. The molecule has 142 valence electrons. The number of benzene rings is 2. The first-order valence-electron chi connectivity index (χ1n) is 8.84. The van der Waals surface area contributed by atoms with Crippen LogP contribution in [-0.2, 0) is 16.0 Å². The van der Waals surface area contributed by atoms with Gasteiger partial charge in [-0.1, -0.05) is 11.3 Å². The Kier molecular flexibility index (Phi) is 4.60. The Morgan fingerprint density at radius 2 is 1.89 bits per heavy atom. The van der Waals surface area contributed by atoms with Crippen LogP contribution in [0.3, 0.4) is 0 Å². The molecule has 4 rings (SSSR count). The smallest absolute Gasteiger partial charge is 0.230 e. The predicted octanol–water partition coefficient (Wildman–Crippen LogP) is 4.80. The zero-order valence-electron chi connectivity index (χ0n) is 15.8. The van der Waals surface area contributed by atoms with Crippen LogP contribution >= 0.6 is 11.3 Å². The second-order valence-corrected chi connectivity index (χ2v) is 7.83. The average molecular weight is 393 g/mol. The van der Waals surface area contributed by atoms with E-state index in [-0.39, 0.29) is 18.2 Å². The molecule has 0 unspecified atom stereocenters. The fourth-order valence-electron chi connectivity index (χ4n) is 3.07. The molecule has 28 heavy (non-hydrogen) atoms. The Morgan fingerprint density at radius 3 is 2.68 bits per heavy atom. The largest absolute Gasteiger partial charge is 0.464 e. The number of thiazole rings is 1. The molecule has 0 atom stereocenters. The summed E-state index contributed by atoms with van der Waals surface area (Å²) in [7, 11) is 0. The maximum Gasteiger partial charge on any atom is 0.230 e. The van der Waals surface area contributed by atoms with Crippen molar-refractivity contribution in [2.45, 2.75) is 27.2 Å². The van der Waals surface area contributed by atoms with E-state index in [1.54, 1.807) is 12.3 Å². The molecule has 0 fully saturated rings. The molecule has 2 heterocycles. The first-order valence-corrected chi connectivity index (χ1v) is 9.66. The first-order chi connectivity index (χ1) is 13.4. The second-order valence-electron chi connectivity index (χ2n) is 6.80. The zero-order valence-corrected chi connectivity index (χ0v) is 16.6. The van der Waals surface area contributed by atoms with Gasteiger partial charge in [-0.2, -0.15) is 0 Å². The Morgan fingerprint density at radius 1 is 1.11 bits per heavy atom. The highest BCUT2D eigenvalue weighted by atomic mass is 32.1. The van der Waals surface area contributed by atoms with Crippen molar-refractivity contribution in [3.63, 3.8) is 0 Å². The molecule has 0 spiro atoms. The van der Waals surface area contributed by atoms with Crippen LogP contribution < -0.4 is 10.6 Å². The van der Waals surface area contributed by atoms with Crippen molar-refractivity contribution in [2.24, 2.45) is 0 Å². The van der Waals surface area contributed by atoms with Gasteiger partial charge in [0.2, 0.25) is 11.8 Å². The molecule has 7 heteroatoms. The lowest BCUT2D eigenvalue weighted by Crippen LogP contribution is -2.13. The number of anilines is 2. The highest BCUT2D eigenvalue weighted by Crippen LogP contribution is 2.29. The molecule has 2 aromatic carbocycles. The first kappa shape index (κ1) is 18.2. The molecule has 0 radical (unpaired) electrons. The Bertz CT molecular complexity index is 1220. The number of fused-ring (bicyclic) bond motifs is 2. The van der Waals surface area contributed by atoms with Crippen molar-refractivity contribution in [3.05, 3.63) is 53.3 Å². The molecule has 0 aliphatic rings. The SMILES string of the molecule is CC(=O)Nc1ccc2nc(NC(=O)Cc3coc4cc(C)c(C)cc34)sc2c1. The van der Waals surface area contributed by atoms with E-state index in [0.717, 1.165) is 37.9 Å². The van der Waals surface area contributed by atoms with Crippen LogP contribution in [0.4, 0.5) is 10.8 Å². The third kappa shape index (κ3) is 3.61. The molecule has 0 bridgehead atoms. The van der Waals surface area contributed by atoms with E-state index in [1.165, 1.54) is 18.3 Å². The Hall–Kier alpha value is -3.19. The van der Waals surface area contributed by atoms with Crippen molar-refractivity contribution in [3.8, 4) is 0 Å². The van der Waals surface area contributed by atoms with Crippen LogP contribution in [0.15, 0.2) is 41.0 Å². The van der Waals surface area contributed by atoms with Crippen LogP contribution in [0, 0.1) is 13.8 Å². The summed E-state index contributed by atoms with van der Waals surface area (Å²) in [5.41, 5.74) is 5.44. The summed E-state index contributed by atoms with van der Waals surface area (Å²) >= 11 is 1.37. The molecule has 2 amide bonds. The van der Waals surface area contributed by atoms with E-state index in [0.29, 0.717) is 10.8 Å². The number of aromatic nitrogens is 1. The van der Waals surface area contributed by atoms with Crippen molar-refractivity contribution >= 4 is 55.2 Å². The highest BCUT2D eigenvalue weighted by Gasteiger charge is 2.14. The van der Waals surface area contributed by atoms with Crippen molar-refractivity contribution in [1.29, 1.82) is 0 Å². The number of furan rings is 1. The number of hydrogen-bond donors (Lipinski definition) is 2. The topological polar surface area (TPSA) is 84.2 Å². The van der Waals surface area contributed by atoms with E-state index in [4.69, 9.17) is 4.42 Å². The maximum atomic E-state index is 12.5. The molecule has 2 aromatic heterocycles. The van der Waals surface area contributed by atoms with Gasteiger partial charge < -0.3 is 15.1 Å². The predicted molar refractivity (Wildman–Crippen MR) is 112 cm³/mol. The van der Waals surface area contributed by atoms with Gasteiger partial charge in [-0.3, -0.25) is 9.59 Å². The fourth-order valence-corrected chi connectivity index (χ4v) is 3.99. The lowest BCUT2D eigenvalue weighted by molar-refractivity contribution is -0.116. The normalized spacial score (nSPS) is 11.1. The van der Waals surface area contributed by atoms with Crippen LogP contribution in [0.5, 0.6) is 0 Å². The molecular formula is C21H19N3O3S. The number of aryl methyl sites for hydroxylation is 2. The van der Waals surface area contributed by atoms with E-state index >= 15 is 0 Å². The van der Waals surface area contributed by atoms with Gasteiger partial charge in [0.1, 0.15) is 5.58 Å². The number of carbonyl (C=O) groups is 2. The van der Waals surface area contributed by atoms with Gasteiger partial charge in [0, 0.05) is 23.6 Å². The molecule has 0 saturated heterocycles. The fraction of sp³-hybridized carbons (Fsp3) is 0.190. The van der Waals surface area contributed by atoms with Crippen molar-refractivity contribution < 1.29 is 14.0 Å². The van der Waals surface area contributed by atoms with Gasteiger partial charge in [0.25, 0.3) is 0 Å². The summed E-state index contributed by atoms with van der Waals surface area (Å²) in [6.45, 7) is 5.54. The van der Waals surface area contributed by atoms with Crippen LogP contribution in [0.25, 0.3) is 21.2 Å². The minimum Gasteiger partial charge on any atom is -0.464 e. The molecule has 2 N–H and O–H groups in total. The molecule has 4 aromatic rings. The van der Waals surface area contributed by atoms with E-state index in [9.17, 15) is 9.59 Å². The number of nitrogens with zero attached hydrogens (tertiary/aromatic N) is 1. The lowest BCUT2D eigenvalue weighted by atomic mass is 10.0. The van der Waals surface area contributed by atoms with Gasteiger partial charge in [0.15, 0.2) is 5.13 Å². The number of rotatable bonds is 4. The van der Waals surface area contributed by atoms with Crippen LogP contribution in [0.1, 0.15) is 23.6 Å². The number of amides is 2. The number of carbonyl (C=O) groups excluding carboxylic acids is 2. The highest BCUT2D eigenvalue weighted by molar-refractivity contribution is 7.22. The minimum absolute atomic E-state index is 0.129. The molecule has 0 aliphatic carbocycles. The van der Waals surface area contributed by atoms with Crippen LogP contribution in [0.2, 0.25) is 0 Å². The number of nitrogens with one attached hydrogen (secondary N) is 2. The summed E-state index contributed by atoms with van der Waals surface area (Å²) in [6, 6.07) is 9.50. The summed E-state index contributed by atoms with van der Waals surface area (Å²) in [5, 5.41) is 7.09. The van der Waals surface area contributed by atoms with E-state index in [1.807, 2.05) is 32.0 Å². The van der Waals surface area contributed by atoms with Gasteiger partial charge in [-0.15, -0.1) is 0 Å². The lowest BCUT2D eigenvalue weighted by Gasteiger charge is -2.02. The third-order valence-corrected chi connectivity index (χ3v) is 5.51. The Labute approximate surface area is 165 Å². The van der Waals surface area contributed by atoms with E-state index < -0.39 is 0 Å². The zero-order chi connectivity index (χ0) is 19.8. The van der Waals surface area contributed by atoms with Gasteiger partial charge >= 0.3 is 0 Å². The molecular weight excluding hydrogens is 374 g/mol. The summed E-state index contributed by atoms with van der Waals surface area (Å²) < 4.78 is 6.49. The second kappa shape index (κ2) is 7.09. The molecule has 6 nitrogen and oxygen atoms in total. The van der Waals surface area contributed by atoms with E-state index in [2.05, 4.69) is 21.7 Å². The van der Waals surface area contributed by atoms with Crippen LogP contribution in [-0.4, -0.2) is 16.8 Å². The van der Waals surface area contributed by atoms with Gasteiger partial charge in [-0.05, 0) is 55.3 Å². The van der Waals surface area contributed by atoms with Gasteiger partial charge in [0.05, 0.1) is 22.9 Å². The standard InChI is InChI=1S/C21H19N3O3S/c1-11-6-16-14(10-27-18(16)7-12(11)2)8-20(26)24-21-23-17-5-4-15(22-13(3)25)9-19(17)28-21/h4-7,9-10H,8H2,1-3H3,(H,22,25)(H,23,24,26). The van der Waals surface area contributed by atoms with Crippen molar-refractivity contribution in [2.75, 3.05) is 10.6 Å². The summed E-state index contributed by atoms with van der Waals surface area (Å²) in [4.78, 5) is 28.2. The maximum absolute atomic E-state index is 12.5. The summed E-state index contributed by atoms with van der Waals surface area (Å²) in [5.74, 6) is -0.280. The molecule has 0 aliphatic heterocycles.